The molecule has 0 bridgehead atoms. The molecule has 0 aliphatic heterocycles. The second kappa shape index (κ2) is 4.07. The van der Waals surface area contributed by atoms with Gasteiger partial charge in [0.2, 0.25) is 5.91 Å². The van der Waals surface area contributed by atoms with Crippen molar-refractivity contribution in [2.45, 2.75) is 26.8 Å². The van der Waals surface area contributed by atoms with Gasteiger partial charge in [-0.1, -0.05) is 6.92 Å². The van der Waals surface area contributed by atoms with Gasteiger partial charge in [0, 0.05) is 20.6 Å². The van der Waals surface area contributed by atoms with E-state index in [1.54, 1.807) is 4.68 Å². The first kappa shape index (κ1) is 9.77. The van der Waals surface area contributed by atoms with E-state index in [4.69, 9.17) is 0 Å². The van der Waals surface area contributed by atoms with E-state index in [1.807, 2.05) is 27.0 Å². The topological polar surface area (TPSA) is 46.9 Å². The van der Waals surface area contributed by atoms with Crippen molar-refractivity contribution in [2.24, 2.45) is 7.05 Å². The molecule has 0 saturated heterocycles. The molecule has 13 heavy (non-hydrogen) atoms. The third-order valence-corrected chi connectivity index (χ3v) is 1.95. The summed E-state index contributed by atoms with van der Waals surface area (Å²) >= 11 is 0. The Hall–Kier alpha value is -1.32. The van der Waals surface area contributed by atoms with E-state index in [2.05, 4.69) is 10.4 Å². The van der Waals surface area contributed by atoms with E-state index in [1.165, 1.54) is 0 Å². The van der Waals surface area contributed by atoms with Crippen molar-refractivity contribution in [2.75, 3.05) is 0 Å². The SMILES string of the molecule is CCC(=O)NCc1cc(C)n(C)n1.[HH]. The van der Waals surface area contributed by atoms with Gasteiger partial charge in [-0.3, -0.25) is 9.48 Å². The highest BCUT2D eigenvalue weighted by molar-refractivity contribution is 5.75. The van der Waals surface area contributed by atoms with E-state index < -0.39 is 0 Å². The zero-order chi connectivity index (χ0) is 9.84. The van der Waals surface area contributed by atoms with Gasteiger partial charge in [0.1, 0.15) is 0 Å². The summed E-state index contributed by atoms with van der Waals surface area (Å²) in [5.41, 5.74) is 2.00. The predicted molar refractivity (Wildman–Crippen MR) is 52.2 cm³/mol. The summed E-state index contributed by atoms with van der Waals surface area (Å²) in [5, 5.41) is 6.99. The van der Waals surface area contributed by atoms with E-state index in [0.29, 0.717) is 13.0 Å². The Morgan fingerprint density at radius 2 is 2.46 bits per heavy atom. The summed E-state index contributed by atoms with van der Waals surface area (Å²) < 4.78 is 1.80. The molecule has 1 heterocycles. The van der Waals surface area contributed by atoms with Gasteiger partial charge in [0.25, 0.3) is 0 Å². The van der Waals surface area contributed by atoms with Crippen LogP contribution in [0, 0.1) is 6.92 Å². The van der Waals surface area contributed by atoms with Gasteiger partial charge in [-0.25, -0.2) is 0 Å². The number of nitrogens with zero attached hydrogens (tertiary/aromatic N) is 2. The van der Waals surface area contributed by atoms with Gasteiger partial charge in [-0.05, 0) is 13.0 Å². The third kappa shape index (κ3) is 2.57. The second-order valence-corrected chi connectivity index (χ2v) is 3.03. The zero-order valence-corrected chi connectivity index (χ0v) is 8.29. The minimum Gasteiger partial charge on any atom is -0.350 e. The molecule has 0 aromatic carbocycles. The third-order valence-electron chi connectivity index (χ3n) is 1.95. The molecule has 0 saturated carbocycles. The number of hydrogen-bond donors (Lipinski definition) is 1. The van der Waals surface area contributed by atoms with Gasteiger partial charge in [-0.15, -0.1) is 0 Å². The van der Waals surface area contributed by atoms with Crippen LogP contribution in [-0.2, 0) is 18.4 Å². The lowest BCUT2D eigenvalue weighted by molar-refractivity contribution is -0.120. The molecule has 1 amide bonds. The molecule has 0 aliphatic carbocycles. The molecule has 1 aromatic rings. The maximum Gasteiger partial charge on any atom is 0.220 e. The van der Waals surface area contributed by atoms with Crippen LogP contribution in [0.2, 0.25) is 0 Å². The number of carbonyl (C=O) groups is 1. The van der Waals surface area contributed by atoms with Gasteiger partial charge >= 0.3 is 0 Å². The molecule has 1 rings (SSSR count). The molecule has 4 nitrogen and oxygen atoms in total. The molecule has 1 N–H and O–H groups in total. The molecular weight excluding hydrogens is 166 g/mol. The molecular formula is C9H17N3O. The van der Waals surface area contributed by atoms with Crippen molar-refractivity contribution < 1.29 is 6.22 Å². The predicted octanol–water partition coefficient (Wildman–Crippen LogP) is 1.00. The smallest absolute Gasteiger partial charge is 0.220 e. The van der Waals surface area contributed by atoms with Crippen LogP contribution >= 0.6 is 0 Å². The van der Waals surface area contributed by atoms with E-state index in [0.717, 1.165) is 11.4 Å². The minimum absolute atomic E-state index is 0. The maximum atomic E-state index is 10.9. The molecule has 4 heteroatoms. The lowest BCUT2D eigenvalue weighted by Crippen LogP contribution is -2.21. The normalized spacial score (nSPS) is 10.1. The number of aromatic nitrogens is 2. The first-order chi connectivity index (χ1) is 6.13. The van der Waals surface area contributed by atoms with E-state index in [-0.39, 0.29) is 7.33 Å². The van der Waals surface area contributed by atoms with E-state index in [9.17, 15) is 4.79 Å². The highest BCUT2D eigenvalue weighted by atomic mass is 16.1. The fraction of sp³-hybridized carbons (Fsp3) is 0.556. The Morgan fingerprint density at radius 1 is 1.77 bits per heavy atom. The Bertz CT molecular complexity index is 290. The van der Waals surface area contributed by atoms with Crippen LogP contribution in [-0.4, -0.2) is 15.7 Å². The summed E-state index contributed by atoms with van der Waals surface area (Å²) in [5.74, 6) is 0.0586. The van der Waals surface area contributed by atoms with Gasteiger partial charge in [0.15, 0.2) is 0 Å². The number of amides is 1. The van der Waals surface area contributed by atoms with Crippen molar-refractivity contribution in [1.82, 2.24) is 15.1 Å². The monoisotopic (exact) mass is 183 g/mol. The average Bonchev–Trinajstić information content (AvgIpc) is 2.42. The number of rotatable bonds is 3. The summed E-state index contributed by atoms with van der Waals surface area (Å²) in [6.07, 6.45) is 0.520. The lowest BCUT2D eigenvalue weighted by atomic mass is 10.3. The Balaban J connectivity index is 0.00000169. The summed E-state index contributed by atoms with van der Waals surface area (Å²) in [7, 11) is 1.89. The van der Waals surface area contributed by atoms with Crippen LogP contribution in [0.25, 0.3) is 0 Å². The molecule has 0 spiro atoms. The van der Waals surface area contributed by atoms with Crippen molar-refractivity contribution in [1.29, 1.82) is 0 Å². The second-order valence-electron chi connectivity index (χ2n) is 3.03. The summed E-state index contributed by atoms with van der Waals surface area (Å²) in [4.78, 5) is 10.9. The maximum absolute atomic E-state index is 10.9. The molecule has 0 atom stereocenters. The first-order valence-corrected chi connectivity index (χ1v) is 4.39. The van der Waals surface area contributed by atoms with Crippen LogP contribution in [0.4, 0.5) is 0 Å². The van der Waals surface area contributed by atoms with Gasteiger partial charge in [0.05, 0.1) is 12.2 Å². The van der Waals surface area contributed by atoms with Crippen LogP contribution in [0.3, 0.4) is 0 Å². The molecule has 0 radical (unpaired) electrons. The summed E-state index contributed by atoms with van der Waals surface area (Å²) in [6, 6.07) is 1.97. The number of hydrogen-bond acceptors (Lipinski definition) is 2. The van der Waals surface area contributed by atoms with Crippen LogP contribution < -0.4 is 5.32 Å². The van der Waals surface area contributed by atoms with Gasteiger partial charge < -0.3 is 5.32 Å². The Labute approximate surface area is 79.4 Å². The van der Waals surface area contributed by atoms with Gasteiger partial charge in [-0.2, -0.15) is 5.10 Å². The number of carbonyl (C=O) groups excluding carboxylic acids is 1. The Morgan fingerprint density at radius 3 is 2.92 bits per heavy atom. The first-order valence-electron chi connectivity index (χ1n) is 4.39. The van der Waals surface area contributed by atoms with E-state index >= 15 is 0 Å². The van der Waals surface area contributed by atoms with Crippen LogP contribution in [0.1, 0.15) is 26.2 Å². The minimum atomic E-state index is 0. The quantitative estimate of drug-likeness (QED) is 0.760. The van der Waals surface area contributed by atoms with Crippen LogP contribution in [0.5, 0.6) is 0 Å². The van der Waals surface area contributed by atoms with Crippen molar-refractivity contribution in [3.05, 3.63) is 17.5 Å². The average molecular weight is 183 g/mol. The molecule has 1 aromatic heterocycles. The van der Waals surface area contributed by atoms with Crippen molar-refractivity contribution in [3.63, 3.8) is 0 Å². The summed E-state index contributed by atoms with van der Waals surface area (Å²) in [6.45, 7) is 4.34. The highest BCUT2D eigenvalue weighted by Crippen LogP contribution is 2.00. The number of aryl methyl sites for hydroxylation is 2. The molecule has 0 fully saturated rings. The largest absolute Gasteiger partial charge is 0.350 e. The fourth-order valence-corrected chi connectivity index (χ4v) is 1.04. The molecule has 74 valence electrons. The Kier molecular flexibility index (Phi) is 3.06. The number of nitrogens with one attached hydrogen (secondary N) is 1. The standard InChI is InChI=1S/C9H15N3O.H2/c1-4-9(13)10-6-8-5-7(2)12(3)11-8;/h5H,4,6H2,1-3H3,(H,10,13);1H. The molecule has 0 unspecified atom stereocenters. The molecule has 0 aliphatic rings. The van der Waals surface area contributed by atoms with Crippen molar-refractivity contribution >= 4 is 5.91 Å². The zero-order valence-electron chi connectivity index (χ0n) is 8.29. The van der Waals surface area contributed by atoms with Crippen LogP contribution in [0.15, 0.2) is 6.07 Å². The lowest BCUT2D eigenvalue weighted by Gasteiger charge is -1.98. The highest BCUT2D eigenvalue weighted by Gasteiger charge is 2.02. The fourth-order valence-electron chi connectivity index (χ4n) is 1.04. The van der Waals surface area contributed by atoms with Crippen molar-refractivity contribution in [3.8, 4) is 0 Å².